The van der Waals surface area contributed by atoms with Gasteiger partial charge in [0.2, 0.25) is 5.91 Å². The van der Waals surface area contributed by atoms with Crippen LogP contribution in [0.2, 0.25) is 0 Å². The van der Waals surface area contributed by atoms with E-state index in [0.29, 0.717) is 6.04 Å². The summed E-state index contributed by atoms with van der Waals surface area (Å²) in [6.07, 6.45) is 5.58. The fourth-order valence-corrected chi connectivity index (χ4v) is 4.14. The van der Waals surface area contributed by atoms with Crippen molar-refractivity contribution >= 4 is 5.91 Å². The lowest BCUT2D eigenvalue weighted by molar-refractivity contribution is -0.135. The number of carbonyl (C=O) groups excluding carboxylic acids is 1. The Balaban J connectivity index is 1.30. The Labute approximate surface area is 130 Å². The summed E-state index contributed by atoms with van der Waals surface area (Å²) in [5.74, 6) is 1.64. The molecule has 120 valence electrons. The molecule has 1 aliphatic heterocycles. The first-order valence-corrected chi connectivity index (χ1v) is 8.48. The van der Waals surface area contributed by atoms with E-state index in [9.17, 15) is 9.90 Å². The van der Waals surface area contributed by atoms with Gasteiger partial charge < -0.3 is 14.4 Å². The lowest BCUT2D eigenvalue weighted by Gasteiger charge is -2.39. The topological polar surface area (TPSA) is 56.9 Å². The van der Waals surface area contributed by atoms with Gasteiger partial charge in [0.1, 0.15) is 5.76 Å². The van der Waals surface area contributed by atoms with E-state index in [0.717, 1.165) is 57.6 Å². The predicted octanol–water partition coefficient (Wildman–Crippen LogP) is 1.44. The standard InChI is InChI=1S/C17H24N2O3/c20-15-4-1-3-14(15)18-6-8-19(9-7-18)17(21)13-11-12(13)16-5-2-10-22-16/h2,5,10,12-15,20H,1,3-4,6-9,11H2. The van der Waals surface area contributed by atoms with Crippen LogP contribution in [0, 0.1) is 5.92 Å². The Morgan fingerprint density at radius 1 is 1.23 bits per heavy atom. The molecule has 0 bridgehead atoms. The van der Waals surface area contributed by atoms with Crippen LogP contribution in [-0.2, 0) is 4.79 Å². The van der Waals surface area contributed by atoms with Gasteiger partial charge in [0.15, 0.2) is 0 Å². The summed E-state index contributed by atoms with van der Waals surface area (Å²) in [5, 5.41) is 10.0. The minimum Gasteiger partial charge on any atom is -0.469 e. The van der Waals surface area contributed by atoms with E-state index in [1.165, 1.54) is 0 Å². The second-order valence-corrected chi connectivity index (χ2v) is 6.89. The molecular weight excluding hydrogens is 280 g/mol. The van der Waals surface area contributed by atoms with Crippen LogP contribution in [0.3, 0.4) is 0 Å². The van der Waals surface area contributed by atoms with Gasteiger partial charge in [-0.3, -0.25) is 9.69 Å². The highest BCUT2D eigenvalue weighted by Gasteiger charge is 2.48. The molecule has 5 heteroatoms. The van der Waals surface area contributed by atoms with Crippen molar-refractivity contribution < 1.29 is 14.3 Å². The van der Waals surface area contributed by atoms with Crippen LogP contribution >= 0.6 is 0 Å². The van der Waals surface area contributed by atoms with Crippen molar-refractivity contribution in [3.05, 3.63) is 24.2 Å². The van der Waals surface area contributed by atoms with Crippen LogP contribution in [0.5, 0.6) is 0 Å². The molecule has 1 saturated heterocycles. The van der Waals surface area contributed by atoms with Gasteiger partial charge in [-0.2, -0.15) is 0 Å². The summed E-state index contributed by atoms with van der Waals surface area (Å²) in [7, 11) is 0. The Morgan fingerprint density at radius 3 is 2.68 bits per heavy atom. The Morgan fingerprint density at radius 2 is 2.05 bits per heavy atom. The fourth-order valence-electron chi connectivity index (χ4n) is 4.14. The average molecular weight is 304 g/mol. The van der Waals surface area contributed by atoms with E-state index in [-0.39, 0.29) is 23.8 Å². The first-order chi connectivity index (χ1) is 10.7. The van der Waals surface area contributed by atoms with E-state index in [1.54, 1.807) is 6.26 Å². The van der Waals surface area contributed by atoms with Gasteiger partial charge >= 0.3 is 0 Å². The predicted molar refractivity (Wildman–Crippen MR) is 81.4 cm³/mol. The lowest BCUT2D eigenvalue weighted by Crippen LogP contribution is -2.54. The second kappa shape index (κ2) is 5.70. The van der Waals surface area contributed by atoms with Crippen molar-refractivity contribution in [1.29, 1.82) is 0 Å². The Kier molecular flexibility index (Phi) is 3.70. The maximum absolute atomic E-state index is 12.6. The molecule has 5 nitrogen and oxygen atoms in total. The van der Waals surface area contributed by atoms with Gasteiger partial charge in [-0.25, -0.2) is 0 Å². The summed E-state index contributed by atoms with van der Waals surface area (Å²) in [6.45, 7) is 3.38. The Hall–Kier alpha value is -1.33. The molecule has 1 N–H and O–H groups in total. The fraction of sp³-hybridized carbons (Fsp3) is 0.706. The molecule has 2 aliphatic carbocycles. The number of aliphatic hydroxyl groups is 1. The third-order valence-corrected chi connectivity index (χ3v) is 5.56. The normalized spacial score (nSPS) is 35.8. The number of furan rings is 1. The van der Waals surface area contributed by atoms with Crippen molar-refractivity contribution in [3.63, 3.8) is 0 Å². The molecule has 2 saturated carbocycles. The SMILES string of the molecule is O=C(C1CC1c1ccco1)N1CCN(C2CCCC2O)CC1. The van der Waals surface area contributed by atoms with Crippen LogP contribution in [0.1, 0.15) is 37.4 Å². The molecule has 1 amide bonds. The van der Waals surface area contributed by atoms with Gasteiger partial charge in [0.05, 0.1) is 12.4 Å². The molecule has 4 rings (SSSR count). The van der Waals surface area contributed by atoms with Gasteiger partial charge in [-0.05, 0) is 37.8 Å². The third-order valence-electron chi connectivity index (χ3n) is 5.56. The number of hydrogen-bond acceptors (Lipinski definition) is 4. The average Bonchev–Trinajstić information content (AvgIpc) is 2.95. The van der Waals surface area contributed by atoms with Crippen LogP contribution < -0.4 is 0 Å². The zero-order chi connectivity index (χ0) is 15.1. The molecule has 22 heavy (non-hydrogen) atoms. The molecule has 0 radical (unpaired) electrons. The summed E-state index contributed by atoms with van der Waals surface area (Å²) in [6, 6.07) is 4.17. The van der Waals surface area contributed by atoms with E-state index in [2.05, 4.69) is 4.90 Å². The molecule has 0 spiro atoms. The smallest absolute Gasteiger partial charge is 0.226 e. The molecule has 1 aromatic heterocycles. The van der Waals surface area contributed by atoms with Crippen LogP contribution in [-0.4, -0.2) is 59.1 Å². The van der Waals surface area contributed by atoms with E-state index in [4.69, 9.17) is 4.42 Å². The number of rotatable bonds is 3. The zero-order valence-electron chi connectivity index (χ0n) is 12.9. The molecule has 4 unspecified atom stereocenters. The van der Waals surface area contributed by atoms with Crippen molar-refractivity contribution in [2.75, 3.05) is 26.2 Å². The molecule has 1 aromatic rings. The Bertz CT molecular complexity index is 522. The maximum Gasteiger partial charge on any atom is 0.226 e. The summed E-state index contributed by atoms with van der Waals surface area (Å²) < 4.78 is 5.41. The number of carbonyl (C=O) groups is 1. The largest absolute Gasteiger partial charge is 0.469 e. The quantitative estimate of drug-likeness (QED) is 0.918. The third kappa shape index (κ3) is 2.57. The summed E-state index contributed by atoms with van der Waals surface area (Å²) >= 11 is 0. The second-order valence-electron chi connectivity index (χ2n) is 6.89. The zero-order valence-corrected chi connectivity index (χ0v) is 12.9. The van der Waals surface area contributed by atoms with Gasteiger partial charge in [0.25, 0.3) is 0 Å². The van der Waals surface area contributed by atoms with E-state index >= 15 is 0 Å². The molecule has 2 heterocycles. The number of piperazine rings is 1. The highest BCUT2D eigenvalue weighted by molar-refractivity contribution is 5.83. The van der Waals surface area contributed by atoms with Gasteiger partial charge in [0, 0.05) is 44.1 Å². The van der Waals surface area contributed by atoms with Crippen LogP contribution in [0.15, 0.2) is 22.8 Å². The molecule has 0 aromatic carbocycles. The molecule has 4 atom stereocenters. The summed E-state index contributed by atoms with van der Waals surface area (Å²) in [5.41, 5.74) is 0. The number of hydrogen-bond donors (Lipinski definition) is 1. The van der Waals surface area contributed by atoms with E-state index < -0.39 is 0 Å². The molecular formula is C17H24N2O3. The minimum atomic E-state index is -0.172. The lowest BCUT2D eigenvalue weighted by atomic mass is 10.1. The van der Waals surface area contributed by atoms with Crippen LogP contribution in [0.25, 0.3) is 0 Å². The molecule has 3 fully saturated rings. The highest BCUT2D eigenvalue weighted by atomic mass is 16.3. The first kappa shape index (κ1) is 14.3. The molecule has 3 aliphatic rings. The van der Waals surface area contributed by atoms with Gasteiger partial charge in [-0.15, -0.1) is 0 Å². The van der Waals surface area contributed by atoms with Crippen molar-refractivity contribution in [1.82, 2.24) is 9.80 Å². The number of amides is 1. The number of aliphatic hydroxyl groups excluding tert-OH is 1. The maximum atomic E-state index is 12.6. The van der Waals surface area contributed by atoms with Gasteiger partial charge in [-0.1, -0.05) is 0 Å². The van der Waals surface area contributed by atoms with Crippen molar-refractivity contribution in [3.8, 4) is 0 Å². The number of nitrogens with zero attached hydrogens (tertiary/aromatic N) is 2. The van der Waals surface area contributed by atoms with E-state index in [1.807, 2.05) is 17.0 Å². The monoisotopic (exact) mass is 304 g/mol. The van der Waals surface area contributed by atoms with Crippen molar-refractivity contribution in [2.45, 2.75) is 43.7 Å². The minimum absolute atomic E-state index is 0.120. The van der Waals surface area contributed by atoms with Crippen LogP contribution in [0.4, 0.5) is 0 Å². The van der Waals surface area contributed by atoms with Crippen molar-refractivity contribution in [2.24, 2.45) is 5.92 Å². The highest BCUT2D eigenvalue weighted by Crippen LogP contribution is 2.48. The first-order valence-electron chi connectivity index (χ1n) is 8.48. The summed E-state index contributed by atoms with van der Waals surface area (Å²) in [4.78, 5) is 17.0.